The number of rotatable bonds is 6. The summed E-state index contributed by atoms with van der Waals surface area (Å²) in [5.41, 5.74) is 1.04. The molecule has 0 saturated carbocycles. The number of ether oxygens (including phenoxy) is 2. The molecule has 0 bridgehead atoms. The van der Waals surface area contributed by atoms with Crippen LogP contribution in [0.5, 0.6) is 0 Å². The van der Waals surface area contributed by atoms with Gasteiger partial charge in [0.1, 0.15) is 11.6 Å². The highest BCUT2D eigenvalue weighted by molar-refractivity contribution is 9.10. The normalized spacial score (nSPS) is 11.9. The minimum Gasteiger partial charge on any atom is -0.465 e. The largest absolute Gasteiger partial charge is 0.465 e. The third kappa shape index (κ3) is 7.51. The summed E-state index contributed by atoms with van der Waals surface area (Å²) in [6.07, 6.45) is -0.403. The van der Waals surface area contributed by atoms with E-state index in [4.69, 9.17) is 4.74 Å². The van der Waals surface area contributed by atoms with Gasteiger partial charge in [-0.2, -0.15) is 0 Å². The lowest BCUT2D eigenvalue weighted by molar-refractivity contribution is -0.118. The summed E-state index contributed by atoms with van der Waals surface area (Å²) in [5, 5.41) is 5.39. The van der Waals surface area contributed by atoms with Crippen molar-refractivity contribution in [2.75, 3.05) is 12.4 Å². The van der Waals surface area contributed by atoms with Gasteiger partial charge in [0, 0.05) is 16.6 Å². The molecule has 2 aromatic carbocycles. The fourth-order valence-electron chi connectivity index (χ4n) is 2.55. The third-order valence-electron chi connectivity index (χ3n) is 3.93. The van der Waals surface area contributed by atoms with Crippen molar-refractivity contribution in [1.29, 1.82) is 0 Å². The van der Waals surface area contributed by atoms with Gasteiger partial charge in [0.05, 0.1) is 12.7 Å². The lowest BCUT2D eigenvalue weighted by Gasteiger charge is -2.23. The molecule has 0 saturated heterocycles. The van der Waals surface area contributed by atoms with Crippen LogP contribution in [-0.2, 0) is 20.7 Å². The molecule has 0 spiro atoms. The molecule has 160 valence electrons. The van der Waals surface area contributed by atoms with E-state index < -0.39 is 29.6 Å². The van der Waals surface area contributed by atoms with Crippen molar-refractivity contribution in [2.24, 2.45) is 0 Å². The second kappa shape index (κ2) is 10.2. The minimum absolute atomic E-state index is 0.276. The van der Waals surface area contributed by atoms with Crippen molar-refractivity contribution in [1.82, 2.24) is 5.32 Å². The SMILES string of the molecule is COC(=O)c1ccc(NC(=O)[C@H](Cc2ccc(Br)cc2)NC(=O)OC(C)(C)C)cc1. The van der Waals surface area contributed by atoms with Crippen LogP contribution in [0, 0.1) is 0 Å². The molecule has 30 heavy (non-hydrogen) atoms. The first-order chi connectivity index (χ1) is 14.1. The Morgan fingerprint density at radius 2 is 1.60 bits per heavy atom. The van der Waals surface area contributed by atoms with Crippen LogP contribution in [0.25, 0.3) is 0 Å². The Morgan fingerprint density at radius 3 is 2.13 bits per heavy atom. The van der Waals surface area contributed by atoms with Gasteiger partial charge in [-0.15, -0.1) is 0 Å². The number of methoxy groups -OCH3 is 1. The fourth-order valence-corrected chi connectivity index (χ4v) is 2.82. The number of alkyl carbamates (subject to hydrolysis) is 1. The Hall–Kier alpha value is -2.87. The van der Waals surface area contributed by atoms with E-state index in [0.717, 1.165) is 10.0 Å². The zero-order chi connectivity index (χ0) is 22.3. The van der Waals surface area contributed by atoms with Gasteiger partial charge in [0.25, 0.3) is 0 Å². The summed E-state index contributed by atoms with van der Waals surface area (Å²) in [4.78, 5) is 36.7. The predicted molar refractivity (Wildman–Crippen MR) is 117 cm³/mol. The van der Waals surface area contributed by atoms with E-state index in [0.29, 0.717) is 11.3 Å². The maximum Gasteiger partial charge on any atom is 0.408 e. The summed E-state index contributed by atoms with van der Waals surface area (Å²) >= 11 is 3.38. The third-order valence-corrected chi connectivity index (χ3v) is 4.46. The Kier molecular flexibility index (Phi) is 8.00. The number of hydrogen-bond acceptors (Lipinski definition) is 5. The first-order valence-corrected chi connectivity index (χ1v) is 10.1. The van der Waals surface area contributed by atoms with Crippen LogP contribution in [0.15, 0.2) is 53.0 Å². The van der Waals surface area contributed by atoms with Crippen molar-refractivity contribution in [3.05, 3.63) is 64.1 Å². The number of amides is 2. The van der Waals surface area contributed by atoms with E-state index in [-0.39, 0.29) is 6.42 Å². The highest BCUT2D eigenvalue weighted by Crippen LogP contribution is 2.15. The number of halogens is 1. The minimum atomic E-state index is -0.860. The van der Waals surface area contributed by atoms with Crippen LogP contribution in [0.4, 0.5) is 10.5 Å². The summed E-state index contributed by atoms with van der Waals surface area (Å²) in [5.74, 6) is -0.873. The zero-order valence-corrected chi connectivity index (χ0v) is 18.9. The maximum absolute atomic E-state index is 12.9. The molecule has 2 aromatic rings. The summed E-state index contributed by atoms with van der Waals surface area (Å²) in [6, 6.07) is 12.9. The Balaban J connectivity index is 2.14. The molecule has 1 atom stereocenters. The van der Waals surface area contributed by atoms with Gasteiger partial charge in [-0.25, -0.2) is 9.59 Å². The maximum atomic E-state index is 12.9. The topological polar surface area (TPSA) is 93.7 Å². The van der Waals surface area contributed by atoms with Gasteiger partial charge < -0.3 is 20.1 Å². The quantitative estimate of drug-likeness (QED) is 0.605. The lowest BCUT2D eigenvalue weighted by atomic mass is 10.1. The standard InChI is InChI=1S/C22H25BrN2O5/c1-22(2,3)30-21(28)25-18(13-14-5-9-16(23)10-6-14)19(26)24-17-11-7-15(8-12-17)20(27)29-4/h5-12,18H,13H2,1-4H3,(H,24,26)(H,25,28)/t18-/m0/s1. The van der Waals surface area contributed by atoms with E-state index in [1.807, 2.05) is 24.3 Å². The van der Waals surface area contributed by atoms with Crippen LogP contribution in [0.1, 0.15) is 36.7 Å². The highest BCUT2D eigenvalue weighted by atomic mass is 79.9. The van der Waals surface area contributed by atoms with Gasteiger partial charge in [-0.1, -0.05) is 28.1 Å². The molecule has 0 aliphatic heterocycles. The number of hydrogen-bond donors (Lipinski definition) is 2. The lowest BCUT2D eigenvalue weighted by Crippen LogP contribution is -2.47. The van der Waals surface area contributed by atoms with Crippen LogP contribution >= 0.6 is 15.9 Å². The van der Waals surface area contributed by atoms with Crippen molar-refractivity contribution in [3.8, 4) is 0 Å². The van der Waals surface area contributed by atoms with E-state index in [1.165, 1.54) is 7.11 Å². The summed E-state index contributed by atoms with van der Waals surface area (Å²) in [7, 11) is 1.30. The number of carbonyl (C=O) groups is 3. The Bertz CT molecular complexity index is 889. The monoisotopic (exact) mass is 476 g/mol. The number of esters is 1. The molecular formula is C22H25BrN2O5. The number of carbonyl (C=O) groups excluding carboxylic acids is 3. The molecule has 0 aliphatic carbocycles. The molecular weight excluding hydrogens is 452 g/mol. The van der Waals surface area contributed by atoms with E-state index >= 15 is 0 Å². The molecule has 0 radical (unpaired) electrons. The zero-order valence-electron chi connectivity index (χ0n) is 17.3. The second-order valence-corrected chi connectivity index (χ2v) is 8.50. The molecule has 0 fully saturated rings. The number of nitrogens with one attached hydrogen (secondary N) is 2. The van der Waals surface area contributed by atoms with Gasteiger partial charge in [-0.3, -0.25) is 4.79 Å². The van der Waals surface area contributed by atoms with Gasteiger partial charge in [-0.05, 0) is 62.7 Å². The van der Waals surface area contributed by atoms with Crippen molar-refractivity contribution in [3.63, 3.8) is 0 Å². The molecule has 0 unspecified atom stereocenters. The molecule has 2 amide bonds. The predicted octanol–water partition coefficient (Wildman–Crippen LogP) is 4.31. The molecule has 7 nitrogen and oxygen atoms in total. The first kappa shape index (κ1) is 23.4. The van der Waals surface area contributed by atoms with Crippen LogP contribution in [0.3, 0.4) is 0 Å². The molecule has 2 rings (SSSR count). The first-order valence-electron chi connectivity index (χ1n) is 9.30. The van der Waals surface area contributed by atoms with Gasteiger partial charge in [0.15, 0.2) is 0 Å². The Morgan fingerprint density at radius 1 is 1.00 bits per heavy atom. The van der Waals surface area contributed by atoms with Crippen molar-refractivity contribution >= 4 is 39.6 Å². The fraction of sp³-hybridized carbons (Fsp3) is 0.318. The van der Waals surface area contributed by atoms with E-state index in [1.54, 1.807) is 45.0 Å². The number of anilines is 1. The van der Waals surface area contributed by atoms with Gasteiger partial charge >= 0.3 is 12.1 Å². The molecule has 8 heteroatoms. The van der Waals surface area contributed by atoms with Crippen LogP contribution in [-0.4, -0.2) is 36.7 Å². The summed E-state index contributed by atoms with van der Waals surface area (Å²) in [6.45, 7) is 5.25. The molecule has 0 aromatic heterocycles. The molecule has 0 heterocycles. The average Bonchev–Trinajstić information content (AvgIpc) is 2.67. The van der Waals surface area contributed by atoms with Gasteiger partial charge in [0.2, 0.25) is 5.91 Å². The van der Waals surface area contributed by atoms with Crippen LogP contribution in [0.2, 0.25) is 0 Å². The molecule has 2 N–H and O–H groups in total. The van der Waals surface area contributed by atoms with E-state index in [9.17, 15) is 14.4 Å². The van der Waals surface area contributed by atoms with E-state index in [2.05, 4.69) is 31.3 Å². The summed E-state index contributed by atoms with van der Waals surface area (Å²) < 4.78 is 10.9. The smallest absolute Gasteiger partial charge is 0.408 e. The highest BCUT2D eigenvalue weighted by Gasteiger charge is 2.25. The Labute approximate surface area is 184 Å². The molecule has 0 aliphatic rings. The van der Waals surface area contributed by atoms with Crippen molar-refractivity contribution in [2.45, 2.75) is 38.8 Å². The second-order valence-electron chi connectivity index (χ2n) is 7.59. The number of benzene rings is 2. The van der Waals surface area contributed by atoms with Crippen LogP contribution < -0.4 is 10.6 Å². The average molecular weight is 477 g/mol. The van der Waals surface area contributed by atoms with Crippen molar-refractivity contribution < 1.29 is 23.9 Å².